The van der Waals surface area contributed by atoms with Crippen LogP contribution in [0.2, 0.25) is 0 Å². The Morgan fingerprint density at radius 2 is 1.88 bits per heavy atom. The van der Waals surface area contributed by atoms with Gasteiger partial charge in [0.2, 0.25) is 0 Å². The number of aliphatic hydroxyl groups is 3. The van der Waals surface area contributed by atoms with Gasteiger partial charge in [-0.15, -0.1) is 8.58 Å². The van der Waals surface area contributed by atoms with Gasteiger partial charge in [0.1, 0.15) is 0 Å². The Bertz CT molecular complexity index is 58.8. The van der Waals surface area contributed by atoms with E-state index in [1.807, 2.05) is 6.66 Å². The lowest BCUT2D eigenvalue weighted by molar-refractivity contribution is -0.311. The summed E-state index contributed by atoms with van der Waals surface area (Å²) in [5.41, 5.74) is 0. The summed E-state index contributed by atoms with van der Waals surface area (Å²) in [5.74, 6) is -2.44. The standard InChI is InChI=1S/C4H11O3P/c1-8-3-2-4(5,6)7/h5-8H,2-3H2,1H3. The van der Waals surface area contributed by atoms with Crippen molar-refractivity contribution in [3.05, 3.63) is 0 Å². The van der Waals surface area contributed by atoms with Gasteiger partial charge in [0, 0.05) is 6.42 Å². The summed E-state index contributed by atoms with van der Waals surface area (Å²) < 4.78 is 0. The molecule has 0 amide bonds. The highest BCUT2D eigenvalue weighted by molar-refractivity contribution is 7.36. The van der Waals surface area contributed by atoms with E-state index in [2.05, 4.69) is 0 Å². The largest absolute Gasteiger partial charge is 0.344 e. The first-order chi connectivity index (χ1) is 3.56. The fourth-order valence-electron chi connectivity index (χ4n) is 0.293. The molecule has 0 bridgehead atoms. The zero-order valence-electron chi connectivity index (χ0n) is 4.76. The normalized spacial score (nSPS) is 13.5. The van der Waals surface area contributed by atoms with Crippen LogP contribution in [0.3, 0.4) is 0 Å². The lowest BCUT2D eigenvalue weighted by Gasteiger charge is -2.11. The number of rotatable bonds is 3. The molecule has 0 aliphatic rings. The van der Waals surface area contributed by atoms with Gasteiger partial charge >= 0.3 is 0 Å². The summed E-state index contributed by atoms with van der Waals surface area (Å²) in [6, 6.07) is 0. The maximum absolute atomic E-state index is 8.26. The molecule has 0 aliphatic heterocycles. The maximum Gasteiger partial charge on any atom is 0.275 e. The minimum Gasteiger partial charge on any atom is -0.344 e. The molecule has 50 valence electrons. The molecule has 0 aromatic heterocycles. The van der Waals surface area contributed by atoms with Gasteiger partial charge < -0.3 is 15.3 Å². The van der Waals surface area contributed by atoms with Crippen molar-refractivity contribution in [2.75, 3.05) is 12.8 Å². The molecule has 3 nitrogen and oxygen atoms in total. The smallest absolute Gasteiger partial charge is 0.275 e. The Kier molecular flexibility index (Phi) is 3.49. The van der Waals surface area contributed by atoms with Crippen molar-refractivity contribution in [3.8, 4) is 0 Å². The lowest BCUT2D eigenvalue weighted by Crippen LogP contribution is -2.27. The Balaban J connectivity index is 3.11. The second-order valence-electron chi connectivity index (χ2n) is 1.63. The third kappa shape index (κ3) is 6.31. The van der Waals surface area contributed by atoms with Crippen molar-refractivity contribution in [2.45, 2.75) is 12.4 Å². The van der Waals surface area contributed by atoms with Crippen molar-refractivity contribution >= 4 is 8.58 Å². The van der Waals surface area contributed by atoms with E-state index in [9.17, 15) is 0 Å². The van der Waals surface area contributed by atoms with Crippen molar-refractivity contribution in [1.82, 2.24) is 0 Å². The quantitative estimate of drug-likeness (QED) is 0.357. The Morgan fingerprint density at radius 3 is 2.00 bits per heavy atom. The molecule has 3 N–H and O–H groups in total. The van der Waals surface area contributed by atoms with E-state index in [0.29, 0.717) is 14.7 Å². The van der Waals surface area contributed by atoms with E-state index >= 15 is 0 Å². The fourth-order valence-corrected chi connectivity index (χ4v) is 0.878. The van der Waals surface area contributed by atoms with E-state index in [-0.39, 0.29) is 6.42 Å². The van der Waals surface area contributed by atoms with Crippen molar-refractivity contribution in [1.29, 1.82) is 0 Å². The second kappa shape index (κ2) is 3.36. The van der Waals surface area contributed by atoms with Gasteiger partial charge in [0.25, 0.3) is 5.97 Å². The van der Waals surface area contributed by atoms with Crippen LogP contribution in [-0.2, 0) is 0 Å². The molecule has 0 spiro atoms. The topological polar surface area (TPSA) is 60.7 Å². The molecule has 0 saturated carbocycles. The lowest BCUT2D eigenvalue weighted by atomic mass is 10.4. The van der Waals surface area contributed by atoms with E-state index in [1.54, 1.807) is 0 Å². The van der Waals surface area contributed by atoms with Gasteiger partial charge in [-0.05, 0) is 12.8 Å². The summed E-state index contributed by atoms with van der Waals surface area (Å²) in [4.78, 5) is 0. The zero-order chi connectivity index (χ0) is 6.62. The van der Waals surface area contributed by atoms with Crippen LogP contribution in [0.1, 0.15) is 6.42 Å². The highest BCUT2D eigenvalue weighted by atomic mass is 31.1. The molecule has 1 unspecified atom stereocenters. The maximum atomic E-state index is 8.26. The summed E-state index contributed by atoms with van der Waals surface area (Å²) in [7, 11) is 0.651. The first-order valence-electron chi connectivity index (χ1n) is 2.38. The second-order valence-corrected chi connectivity index (χ2v) is 2.84. The van der Waals surface area contributed by atoms with Crippen LogP contribution in [0, 0.1) is 0 Å². The van der Waals surface area contributed by atoms with Crippen molar-refractivity contribution < 1.29 is 15.3 Å². The van der Waals surface area contributed by atoms with Gasteiger partial charge in [0.15, 0.2) is 0 Å². The number of hydrogen-bond acceptors (Lipinski definition) is 3. The summed E-state index contributed by atoms with van der Waals surface area (Å²) >= 11 is 0. The van der Waals surface area contributed by atoms with E-state index in [0.717, 1.165) is 0 Å². The van der Waals surface area contributed by atoms with Gasteiger partial charge in [0.05, 0.1) is 0 Å². The average molecular weight is 138 g/mol. The van der Waals surface area contributed by atoms with Gasteiger partial charge in [-0.2, -0.15) is 0 Å². The summed E-state index contributed by atoms with van der Waals surface area (Å²) in [6.07, 6.45) is 0.700. The highest BCUT2D eigenvalue weighted by Crippen LogP contribution is 2.09. The highest BCUT2D eigenvalue weighted by Gasteiger charge is 2.15. The molecular formula is C4H11O3P. The molecule has 0 aromatic carbocycles. The Morgan fingerprint density at radius 1 is 1.38 bits per heavy atom. The molecule has 0 saturated heterocycles. The first kappa shape index (κ1) is 8.31. The van der Waals surface area contributed by atoms with Crippen LogP contribution in [-0.4, -0.2) is 34.1 Å². The van der Waals surface area contributed by atoms with E-state index in [4.69, 9.17) is 15.3 Å². The van der Waals surface area contributed by atoms with Crippen LogP contribution >= 0.6 is 8.58 Å². The summed E-state index contributed by atoms with van der Waals surface area (Å²) in [6.45, 7) is 1.94. The van der Waals surface area contributed by atoms with Crippen molar-refractivity contribution in [2.24, 2.45) is 0 Å². The van der Waals surface area contributed by atoms with Crippen LogP contribution < -0.4 is 0 Å². The van der Waals surface area contributed by atoms with Crippen LogP contribution in [0.4, 0.5) is 0 Å². The molecule has 0 fully saturated rings. The predicted octanol–water partition coefficient (Wildman–Crippen LogP) is -0.685. The minimum atomic E-state index is -2.44. The molecule has 0 radical (unpaired) electrons. The van der Waals surface area contributed by atoms with Gasteiger partial charge in [-0.1, -0.05) is 0 Å². The molecule has 8 heavy (non-hydrogen) atoms. The Labute approximate surface area is 50.1 Å². The average Bonchev–Trinajstić information content (AvgIpc) is 1.59. The van der Waals surface area contributed by atoms with Crippen LogP contribution in [0.15, 0.2) is 0 Å². The molecule has 0 aliphatic carbocycles. The SMILES string of the molecule is CPCCC(O)(O)O. The minimum absolute atomic E-state index is 0.0436. The Hall–Kier alpha value is 0.310. The van der Waals surface area contributed by atoms with Crippen molar-refractivity contribution in [3.63, 3.8) is 0 Å². The molecule has 4 heteroatoms. The van der Waals surface area contributed by atoms with E-state index in [1.165, 1.54) is 0 Å². The first-order valence-corrected chi connectivity index (χ1v) is 4.09. The monoisotopic (exact) mass is 138 g/mol. The molecule has 0 aromatic rings. The molecular weight excluding hydrogens is 127 g/mol. The van der Waals surface area contributed by atoms with Crippen LogP contribution in [0.25, 0.3) is 0 Å². The van der Waals surface area contributed by atoms with Gasteiger partial charge in [-0.3, -0.25) is 0 Å². The molecule has 0 heterocycles. The zero-order valence-corrected chi connectivity index (χ0v) is 5.76. The third-order valence-electron chi connectivity index (χ3n) is 0.710. The van der Waals surface area contributed by atoms with Gasteiger partial charge in [-0.25, -0.2) is 0 Å². The third-order valence-corrected chi connectivity index (χ3v) is 1.46. The molecule has 1 atom stereocenters. The molecule has 0 rings (SSSR count). The summed E-state index contributed by atoms with van der Waals surface area (Å²) in [5, 5.41) is 24.8. The van der Waals surface area contributed by atoms with E-state index < -0.39 is 5.97 Å². The predicted molar refractivity (Wildman–Crippen MR) is 33.1 cm³/mol. The number of hydrogen-bond donors (Lipinski definition) is 3. The van der Waals surface area contributed by atoms with Crippen LogP contribution in [0.5, 0.6) is 0 Å². The fraction of sp³-hybridized carbons (Fsp3) is 1.00.